The number of hydrogen-bond acceptors (Lipinski definition) is 6. The Bertz CT molecular complexity index is 6390. The maximum Gasteiger partial charge on any atom is 0.155 e. The first-order chi connectivity index (χ1) is 59.7. The van der Waals surface area contributed by atoms with Crippen LogP contribution in [0.2, 0.25) is 0 Å². The summed E-state index contributed by atoms with van der Waals surface area (Å²) in [5.74, 6) is 4.11. The van der Waals surface area contributed by atoms with E-state index in [1.165, 1.54) is 200 Å². The van der Waals surface area contributed by atoms with Crippen molar-refractivity contribution in [3.8, 4) is 107 Å². The second-order valence-electron chi connectivity index (χ2n) is 35.1. The zero-order valence-electron chi connectivity index (χ0n) is 76.9. The minimum Gasteiger partial charge on any atom is -0.512 e. The molecule has 0 amide bonds. The molecule has 17 rings (SSSR count). The van der Waals surface area contributed by atoms with Gasteiger partial charge in [-0.1, -0.05) is 234 Å². The molecule has 4 aromatic heterocycles. The van der Waals surface area contributed by atoms with E-state index in [4.69, 9.17) is 24.5 Å². The van der Waals surface area contributed by atoms with Crippen LogP contribution in [0, 0.1) is 94.4 Å². The average molecular weight is 2210 g/mol. The first-order valence-electron chi connectivity index (χ1n) is 44.5. The zero-order valence-corrected chi connectivity index (χ0v) is 84.1. The number of aromatic nitrogens is 6. The number of furan rings is 1. The molecule has 0 spiro atoms. The third-order valence-corrected chi connectivity index (χ3v) is 23.8. The molecule has 127 heavy (non-hydrogen) atoms. The van der Waals surface area contributed by atoms with E-state index in [9.17, 15) is 4.79 Å². The molecule has 0 unspecified atom stereocenters. The number of benzene rings is 12. The quantitative estimate of drug-likeness (QED) is 0.0353. The van der Waals surface area contributed by atoms with Crippen LogP contribution in [0.25, 0.3) is 129 Å². The minimum absolute atomic E-state index is 0. The molecular weight excluding hydrogens is 2090 g/mol. The summed E-state index contributed by atoms with van der Waals surface area (Å²) in [5, 5.41) is 10.6. The number of aliphatic hydroxyl groups excluding tert-OH is 1. The minimum atomic E-state index is -0.125. The molecule has 1 saturated carbocycles. The maximum atomic E-state index is 10.0. The molecule has 657 valence electrons. The van der Waals surface area contributed by atoms with Crippen molar-refractivity contribution in [2.45, 2.75) is 207 Å². The fraction of sp³-hybridized carbons (Fsp3) is 0.270. The Labute approximate surface area is 794 Å². The van der Waals surface area contributed by atoms with Crippen molar-refractivity contribution in [3.63, 3.8) is 0 Å². The second kappa shape index (κ2) is 43.8. The van der Waals surface area contributed by atoms with Gasteiger partial charge in [0.25, 0.3) is 0 Å². The summed E-state index contributed by atoms with van der Waals surface area (Å²) < 4.78 is 13.0. The van der Waals surface area contributed by atoms with Gasteiger partial charge in [0.05, 0.1) is 40.1 Å². The van der Waals surface area contributed by atoms with E-state index in [1.807, 2.05) is 30.3 Å². The Morgan fingerprint density at radius 3 is 1.46 bits per heavy atom. The number of aliphatic hydroxyl groups is 1. The van der Waals surface area contributed by atoms with Crippen molar-refractivity contribution >= 4 is 27.7 Å². The second-order valence-corrected chi connectivity index (χ2v) is 35.1. The predicted molar refractivity (Wildman–Crippen MR) is 519 cm³/mol. The van der Waals surface area contributed by atoms with E-state index in [-0.39, 0.29) is 71.9 Å². The number of nitrogens with zero attached hydrogens (tertiary/aromatic N) is 6. The number of allylic oxidation sites excluding steroid dienone is 2. The van der Waals surface area contributed by atoms with Gasteiger partial charge in [0.15, 0.2) is 5.78 Å². The molecule has 12 aromatic carbocycles. The molecule has 12 heteroatoms. The van der Waals surface area contributed by atoms with E-state index in [0.29, 0.717) is 17.8 Å². The first kappa shape index (κ1) is 96.9. The van der Waals surface area contributed by atoms with Crippen molar-refractivity contribution in [2.75, 3.05) is 0 Å². The van der Waals surface area contributed by atoms with E-state index in [0.717, 1.165) is 96.3 Å². The Morgan fingerprint density at radius 1 is 0.433 bits per heavy atom. The van der Waals surface area contributed by atoms with Crippen LogP contribution in [0.3, 0.4) is 0 Å². The van der Waals surface area contributed by atoms with Gasteiger partial charge in [0.1, 0.15) is 11.4 Å². The maximum absolute atomic E-state index is 10.0. The third-order valence-electron chi connectivity index (χ3n) is 23.8. The molecule has 0 bridgehead atoms. The van der Waals surface area contributed by atoms with Gasteiger partial charge in [-0.25, -0.2) is 0 Å². The standard InChI is InChI=1S/C40H45N2.C35H31N2O.C35H35N2.C5H8O2.3Ir/c1-9-10-11-12-14-33-22-31(7)39(32(8)23-33)42-25-37(36-20-26(2)17-27(3)21-36)41-40(42)35-16-13-15-34(24-35)38-29(5)18-28(4)19-30(38)6;1-23-19-28(25-11-5-3-6-12-25)20-24(2)34(23)37-22-31(36-35(37)26-13-7-4-8-14-26)27-17-18-33-30(21-27)29-15-9-10-16-32(29)38-33;1-23(2)31-20-29(27-13-9-7-10-14-27)21-32(24(3)4)34(31)37-22-33(30-18-25(5)17-26(6)19-30)36-35(37)28-15-11-8-12-16-28;1-4(6)3-5(2)7;;;/h13,15,17-25H,9-12,14H2,1-8H3;4,7-10,13-16,18-22,25H,3,5-6,11-12H2,1-2H3;7-15,17-24H,1-6H3;3,6H,1-2H3;;;/q3*-1;;;;. The van der Waals surface area contributed by atoms with Crippen molar-refractivity contribution in [3.05, 3.63) is 357 Å². The van der Waals surface area contributed by atoms with Crippen LogP contribution in [0.15, 0.2) is 259 Å². The molecule has 16 aromatic rings. The Kier molecular flexibility index (Phi) is 33.4. The molecule has 3 radical (unpaired) electrons. The van der Waals surface area contributed by atoms with Gasteiger partial charge in [-0.05, 0) is 254 Å². The summed E-state index contributed by atoms with van der Waals surface area (Å²) in [7, 11) is 0. The summed E-state index contributed by atoms with van der Waals surface area (Å²) in [6, 6.07) is 90.8. The van der Waals surface area contributed by atoms with E-state index >= 15 is 0 Å². The number of hydrogen-bond donors (Lipinski definition) is 1. The summed E-state index contributed by atoms with van der Waals surface area (Å²) in [5.41, 5.74) is 39.3. The van der Waals surface area contributed by atoms with Crippen LogP contribution in [0.1, 0.15) is 207 Å². The average Bonchev–Trinajstić information content (AvgIpc) is 1.73. The van der Waals surface area contributed by atoms with Crippen LogP contribution < -0.4 is 0 Å². The number of carbonyl (C=O) groups is 1. The van der Waals surface area contributed by atoms with Gasteiger partial charge in [-0.3, -0.25) is 19.7 Å². The van der Waals surface area contributed by atoms with Crippen LogP contribution in [0.5, 0.6) is 0 Å². The summed E-state index contributed by atoms with van der Waals surface area (Å²) in [6.45, 7) is 38.5. The van der Waals surface area contributed by atoms with Gasteiger partial charge in [0.2, 0.25) is 0 Å². The van der Waals surface area contributed by atoms with Crippen molar-refractivity contribution in [2.24, 2.45) is 0 Å². The largest absolute Gasteiger partial charge is 0.512 e. The normalized spacial score (nSPS) is 12.0. The van der Waals surface area contributed by atoms with E-state index in [2.05, 4.69) is 355 Å². The van der Waals surface area contributed by atoms with E-state index in [1.54, 1.807) is 0 Å². The zero-order chi connectivity index (χ0) is 87.6. The van der Waals surface area contributed by atoms with Crippen molar-refractivity contribution in [1.29, 1.82) is 0 Å². The number of fused-ring (bicyclic) bond motifs is 3. The molecule has 1 aliphatic rings. The van der Waals surface area contributed by atoms with Gasteiger partial charge in [-0.2, -0.15) is 0 Å². The molecule has 0 atom stereocenters. The Morgan fingerprint density at radius 2 is 0.929 bits per heavy atom. The van der Waals surface area contributed by atoms with Crippen LogP contribution >= 0.6 is 0 Å². The number of para-hydroxylation sites is 1. The fourth-order valence-electron chi connectivity index (χ4n) is 18.5. The summed E-state index contributed by atoms with van der Waals surface area (Å²) in [4.78, 5) is 25.7. The number of aryl methyl sites for hydroxylation is 12. The molecule has 0 aliphatic heterocycles. The van der Waals surface area contributed by atoms with Gasteiger partial charge in [-0.15, -0.1) is 95.1 Å². The number of rotatable bonds is 20. The molecule has 4 heterocycles. The van der Waals surface area contributed by atoms with Crippen LogP contribution in [-0.4, -0.2) is 39.5 Å². The van der Waals surface area contributed by atoms with Gasteiger partial charge < -0.3 is 23.2 Å². The molecule has 1 fully saturated rings. The van der Waals surface area contributed by atoms with Crippen molar-refractivity contribution < 1.29 is 74.6 Å². The summed E-state index contributed by atoms with van der Waals surface area (Å²) >= 11 is 0. The Balaban J connectivity index is 0.000000176. The van der Waals surface area contributed by atoms with Gasteiger partial charge >= 0.3 is 0 Å². The Hall–Kier alpha value is -10.8. The fourth-order valence-corrected chi connectivity index (χ4v) is 18.5. The molecular formula is C115H119Ir3N6O3-3. The summed E-state index contributed by atoms with van der Waals surface area (Å²) in [6.07, 6.45) is 20.7. The number of imidazole rings is 3. The number of ketones is 1. The van der Waals surface area contributed by atoms with Crippen LogP contribution in [-0.2, 0) is 71.5 Å². The monoisotopic (exact) mass is 2210 g/mol. The third kappa shape index (κ3) is 23.0. The van der Waals surface area contributed by atoms with Crippen molar-refractivity contribution in [1.82, 2.24) is 28.7 Å². The van der Waals surface area contributed by atoms with Gasteiger partial charge in [0, 0.05) is 118 Å². The molecule has 0 saturated heterocycles. The first-order valence-corrected chi connectivity index (χ1v) is 44.5. The predicted octanol–water partition coefficient (Wildman–Crippen LogP) is 31.1. The molecule has 9 nitrogen and oxygen atoms in total. The molecule has 1 N–H and O–H groups in total. The molecule has 1 aliphatic carbocycles. The number of carbonyl (C=O) groups excluding carboxylic acids is 1. The van der Waals surface area contributed by atoms with E-state index < -0.39 is 0 Å². The van der Waals surface area contributed by atoms with Crippen LogP contribution in [0.4, 0.5) is 0 Å². The topological polar surface area (TPSA) is 104 Å². The number of unbranched alkanes of at least 4 members (excludes halogenated alkanes) is 3. The SMILES string of the molecule is CC(=O)C=C(C)O.CCCCCCc1cc(C)c(-n2cc(-c3cc(C)cc(C)c3)nc2-c2[c-]ccc(-c3c(C)cc(C)cc3C)c2)c(C)c1.Cc1cc(C)cc(-c2cn(-c3c(C(C)C)cc(-c4ccccc4)cc3C(C)C)c(-c3[c-]cccc3)n2)c1.Cc1cc(C2CCCCC2)cc(C)c1-n1cc(-c2[c-]cc3oc4ccccc4c3c2)nc1-c1ccccc1.[Ir].[Ir].[Ir]. The smallest absolute Gasteiger partial charge is 0.155 e.